The molecule has 1 heterocycles. The Hall–Kier alpha value is -1.52. The number of nitrogens with one attached hydrogen (secondary N) is 2. The van der Waals surface area contributed by atoms with Crippen molar-refractivity contribution in [3.63, 3.8) is 0 Å². The van der Waals surface area contributed by atoms with Crippen molar-refractivity contribution in [2.45, 2.75) is 46.1 Å². The number of aryl methyl sites for hydroxylation is 1. The Labute approximate surface area is 121 Å². The van der Waals surface area contributed by atoms with Gasteiger partial charge < -0.3 is 10.6 Å². The Balaban J connectivity index is 1.90. The second kappa shape index (κ2) is 6.77. The minimum atomic E-state index is 0.503. The van der Waals surface area contributed by atoms with E-state index in [0.717, 1.165) is 24.7 Å². The molecule has 0 atom stereocenters. The Morgan fingerprint density at radius 3 is 2.70 bits per heavy atom. The van der Waals surface area contributed by atoms with Gasteiger partial charge in [0.15, 0.2) is 5.96 Å². The quantitative estimate of drug-likeness (QED) is 0.618. The molecule has 1 aromatic rings. The van der Waals surface area contributed by atoms with E-state index in [-0.39, 0.29) is 0 Å². The first-order valence-electron chi connectivity index (χ1n) is 7.68. The molecule has 1 aliphatic rings. The molecule has 1 fully saturated rings. The monoisotopic (exact) mass is 277 g/mol. The molecule has 2 rings (SSSR count). The van der Waals surface area contributed by atoms with Gasteiger partial charge in [-0.15, -0.1) is 0 Å². The molecule has 0 aliphatic heterocycles. The predicted molar refractivity (Wildman–Crippen MR) is 82.6 cm³/mol. The van der Waals surface area contributed by atoms with Crippen LogP contribution in [0.5, 0.6) is 0 Å². The summed E-state index contributed by atoms with van der Waals surface area (Å²) >= 11 is 0. The van der Waals surface area contributed by atoms with E-state index in [1.54, 1.807) is 0 Å². The molecule has 0 amide bonds. The first kappa shape index (κ1) is 14.9. The molecule has 0 saturated heterocycles. The number of hydrogen-bond acceptors (Lipinski definition) is 2. The fourth-order valence-corrected chi connectivity index (χ4v) is 2.66. The molecule has 20 heavy (non-hydrogen) atoms. The highest BCUT2D eigenvalue weighted by molar-refractivity contribution is 5.79. The average Bonchev–Trinajstić information content (AvgIpc) is 2.80. The number of guanidine groups is 1. The van der Waals surface area contributed by atoms with Crippen molar-refractivity contribution in [3.05, 3.63) is 18.0 Å². The van der Waals surface area contributed by atoms with Crippen LogP contribution in [0, 0.1) is 5.41 Å². The second-order valence-corrected chi connectivity index (χ2v) is 5.70. The molecular weight excluding hydrogens is 250 g/mol. The van der Waals surface area contributed by atoms with Gasteiger partial charge in [-0.05, 0) is 37.7 Å². The lowest BCUT2D eigenvalue weighted by molar-refractivity contribution is 0.131. The van der Waals surface area contributed by atoms with Crippen molar-refractivity contribution in [3.8, 4) is 0 Å². The Morgan fingerprint density at radius 2 is 2.20 bits per heavy atom. The van der Waals surface area contributed by atoms with Crippen LogP contribution in [0.2, 0.25) is 0 Å². The van der Waals surface area contributed by atoms with E-state index >= 15 is 0 Å². The third-order valence-corrected chi connectivity index (χ3v) is 4.46. The Bertz CT molecular complexity index is 439. The first-order chi connectivity index (χ1) is 9.69. The maximum atomic E-state index is 4.65. The number of aromatic nitrogens is 2. The first-order valence-corrected chi connectivity index (χ1v) is 7.68. The summed E-state index contributed by atoms with van der Waals surface area (Å²) in [6.07, 6.45) is 7.13. The van der Waals surface area contributed by atoms with Gasteiger partial charge in [0.1, 0.15) is 0 Å². The topological polar surface area (TPSA) is 54.2 Å². The van der Waals surface area contributed by atoms with Crippen LogP contribution in [0.3, 0.4) is 0 Å². The number of hydrogen-bond donors (Lipinski definition) is 2. The van der Waals surface area contributed by atoms with Crippen molar-refractivity contribution in [2.24, 2.45) is 17.5 Å². The average molecular weight is 277 g/mol. The van der Waals surface area contributed by atoms with E-state index in [0.29, 0.717) is 12.0 Å². The number of nitrogens with zero attached hydrogens (tertiary/aromatic N) is 3. The van der Waals surface area contributed by atoms with Crippen LogP contribution in [0.25, 0.3) is 0 Å². The van der Waals surface area contributed by atoms with Crippen LogP contribution in [0.15, 0.2) is 17.3 Å². The molecule has 5 nitrogen and oxygen atoms in total. The molecule has 0 radical (unpaired) electrons. The normalized spacial score (nSPS) is 17.6. The van der Waals surface area contributed by atoms with Crippen molar-refractivity contribution >= 4 is 5.96 Å². The molecule has 0 unspecified atom stereocenters. The van der Waals surface area contributed by atoms with Crippen molar-refractivity contribution < 1.29 is 0 Å². The summed E-state index contributed by atoms with van der Waals surface area (Å²) in [6.45, 7) is 6.96. The molecule has 112 valence electrons. The van der Waals surface area contributed by atoms with Crippen molar-refractivity contribution in [2.75, 3.05) is 13.1 Å². The van der Waals surface area contributed by atoms with Gasteiger partial charge in [0, 0.05) is 26.3 Å². The van der Waals surface area contributed by atoms with Gasteiger partial charge in [0.2, 0.25) is 0 Å². The van der Waals surface area contributed by atoms with Crippen LogP contribution in [-0.4, -0.2) is 28.8 Å². The van der Waals surface area contributed by atoms with Gasteiger partial charge in [0.05, 0.1) is 12.2 Å². The highest BCUT2D eigenvalue weighted by atomic mass is 15.3. The van der Waals surface area contributed by atoms with Gasteiger partial charge in [0.25, 0.3) is 0 Å². The van der Waals surface area contributed by atoms with Gasteiger partial charge in [-0.2, -0.15) is 5.10 Å². The van der Waals surface area contributed by atoms with Gasteiger partial charge >= 0.3 is 0 Å². The van der Waals surface area contributed by atoms with Crippen LogP contribution < -0.4 is 10.6 Å². The highest BCUT2D eigenvalue weighted by Crippen LogP contribution is 2.42. The standard InChI is InChI=1S/C15H27N5/c1-4-15(8-6-9-15)12-18-14(16-5-2)17-11-13-7-10-19-20(13)3/h7,10H,4-6,8-9,11-12H2,1-3H3,(H2,16,17,18). The maximum absolute atomic E-state index is 4.65. The minimum absolute atomic E-state index is 0.503. The molecule has 0 bridgehead atoms. The lowest BCUT2D eigenvalue weighted by Crippen LogP contribution is -2.46. The molecule has 1 aliphatic carbocycles. The summed E-state index contributed by atoms with van der Waals surface area (Å²) in [6, 6.07) is 2.01. The fourth-order valence-electron chi connectivity index (χ4n) is 2.66. The Morgan fingerprint density at radius 1 is 1.40 bits per heavy atom. The summed E-state index contributed by atoms with van der Waals surface area (Å²) in [5.74, 6) is 0.911. The SMILES string of the molecule is CCNC(=NCc1ccnn1C)NCC1(CC)CCC1. The second-order valence-electron chi connectivity index (χ2n) is 5.70. The zero-order chi connectivity index (χ0) is 14.4. The van der Waals surface area contributed by atoms with Crippen molar-refractivity contribution in [1.29, 1.82) is 0 Å². The van der Waals surface area contributed by atoms with E-state index in [1.165, 1.54) is 25.7 Å². The predicted octanol–water partition coefficient (Wildman–Crippen LogP) is 2.06. The van der Waals surface area contributed by atoms with Crippen LogP contribution >= 0.6 is 0 Å². The largest absolute Gasteiger partial charge is 0.357 e. The lowest BCUT2D eigenvalue weighted by atomic mass is 9.67. The molecule has 0 aromatic carbocycles. The number of aliphatic imine (C=N–C) groups is 1. The van der Waals surface area contributed by atoms with E-state index < -0.39 is 0 Å². The smallest absolute Gasteiger partial charge is 0.191 e. The fraction of sp³-hybridized carbons (Fsp3) is 0.733. The molecule has 2 N–H and O–H groups in total. The lowest BCUT2D eigenvalue weighted by Gasteiger charge is -2.41. The maximum Gasteiger partial charge on any atom is 0.191 e. The minimum Gasteiger partial charge on any atom is -0.357 e. The van der Waals surface area contributed by atoms with Crippen LogP contribution in [0.4, 0.5) is 0 Å². The van der Waals surface area contributed by atoms with Crippen molar-refractivity contribution in [1.82, 2.24) is 20.4 Å². The van der Waals surface area contributed by atoms with Crippen LogP contribution in [-0.2, 0) is 13.6 Å². The third kappa shape index (κ3) is 3.52. The van der Waals surface area contributed by atoms with E-state index in [4.69, 9.17) is 0 Å². The van der Waals surface area contributed by atoms with Gasteiger partial charge in [-0.25, -0.2) is 4.99 Å². The van der Waals surface area contributed by atoms with E-state index in [9.17, 15) is 0 Å². The third-order valence-electron chi connectivity index (χ3n) is 4.46. The van der Waals surface area contributed by atoms with E-state index in [1.807, 2.05) is 24.0 Å². The highest BCUT2D eigenvalue weighted by Gasteiger charge is 2.34. The molecule has 0 spiro atoms. The van der Waals surface area contributed by atoms with Crippen LogP contribution in [0.1, 0.15) is 45.2 Å². The van der Waals surface area contributed by atoms with Gasteiger partial charge in [-0.3, -0.25) is 4.68 Å². The molecule has 1 aromatic heterocycles. The molecule has 1 saturated carbocycles. The van der Waals surface area contributed by atoms with Gasteiger partial charge in [-0.1, -0.05) is 13.3 Å². The summed E-state index contributed by atoms with van der Waals surface area (Å²) < 4.78 is 1.87. The summed E-state index contributed by atoms with van der Waals surface area (Å²) in [4.78, 5) is 4.65. The van der Waals surface area contributed by atoms with E-state index in [2.05, 4.69) is 34.6 Å². The summed E-state index contributed by atoms with van der Waals surface area (Å²) in [5.41, 5.74) is 1.62. The number of rotatable bonds is 6. The summed E-state index contributed by atoms with van der Waals surface area (Å²) in [7, 11) is 1.95. The molecular formula is C15H27N5. The zero-order valence-electron chi connectivity index (χ0n) is 12.9. The molecule has 5 heteroatoms. The Kier molecular flexibility index (Phi) is 5.04. The summed E-state index contributed by atoms with van der Waals surface area (Å²) in [5, 5.41) is 11.0. The zero-order valence-corrected chi connectivity index (χ0v) is 12.9.